The molecule has 1 saturated carbocycles. The van der Waals surface area contributed by atoms with E-state index in [0.29, 0.717) is 0 Å². The maximum atomic E-state index is 3.72. The summed E-state index contributed by atoms with van der Waals surface area (Å²) in [5.74, 6) is 1.87. The molecule has 2 aliphatic rings. The Bertz CT molecular complexity index is 189. The standard InChI is InChI=1S/C13H26N2/c1-3-11(2)9-15-8-4-7-14-13(10-15)12-5-6-12/h11-14H,3-10H2,1-2H3. The van der Waals surface area contributed by atoms with Crippen LogP contribution in [0.25, 0.3) is 0 Å². The van der Waals surface area contributed by atoms with E-state index in [9.17, 15) is 0 Å². The lowest BCUT2D eigenvalue weighted by Crippen LogP contribution is -2.40. The maximum Gasteiger partial charge on any atom is 0.0223 e. The molecule has 0 aromatic carbocycles. The number of nitrogens with zero attached hydrogens (tertiary/aromatic N) is 1. The van der Waals surface area contributed by atoms with Crippen LogP contribution in [0.3, 0.4) is 0 Å². The van der Waals surface area contributed by atoms with Gasteiger partial charge < -0.3 is 10.2 Å². The molecule has 0 bridgehead atoms. The Labute approximate surface area is 94.4 Å². The summed E-state index contributed by atoms with van der Waals surface area (Å²) in [6.45, 7) is 9.83. The molecule has 0 radical (unpaired) electrons. The molecule has 2 rings (SSSR count). The number of hydrogen-bond acceptors (Lipinski definition) is 2. The van der Waals surface area contributed by atoms with Crippen molar-refractivity contribution in [1.29, 1.82) is 0 Å². The molecule has 15 heavy (non-hydrogen) atoms. The van der Waals surface area contributed by atoms with Gasteiger partial charge in [-0.15, -0.1) is 0 Å². The van der Waals surface area contributed by atoms with Gasteiger partial charge in [-0.3, -0.25) is 0 Å². The molecule has 0 spiro atoms. The van der Waals surface area contributed by atoms with Gasteiger partial charge in [-0.2, -0.15) is 0 Å². The number of nitrogens with one attached hydrogen (secondary N) is 1. The minimum absolute atomic E-state index is 0.802. The van der Waals surface area contributed by atoms with Crippen LogP contribution < -0.4 is 5.32 Å². The Morgan fingerprint density at radius 3 is 2.87 bits per heavy atom. The zero-order valence-electron chi connectivity index (χ0n) is 10.3. The van der Waals surface area contributed by atoms with Crippen molar-refractivity contribution in [2.75, 3.05) is 26.2 Å². The quantitative estimate of drug-likeness (QED) is 0.764. The first-order valence-corrected chi connectivity index (χ1v) is 6.75. The molecule has 1 aliphatic carbocycles. The predicted octanol–water partition coefficient (Wildman–Crippen LogP) is 2.11. The van der Waals surface area contributed by atoms with Gasteiger partial charge in [0.1, 0.15) is 0 Å². The van der Waals surface area contributed by atoms with Crippen LogP contribution in [0.15, 0.2) is 0 Å². The Kier molecular flexibility index (Phi) is 4.04. The molecule has 1 heterocycles. The second kappa shape index (κ2) is 5.31. The normalized spacial score (nSPS) is 31.2. The largest absolute Gasteiger partial charge is 0.312 e. The van der Waals surface area contributed by atoms with Crippen molar-refractivity contribution in [1.82, 2.24) is 10.2 Å². The fourth-order valence-electron chi connectivity index (χ4n) is 2.57. The van der Waals surface area contributed by atoms with E-state index in [4.69, 9.17) is 0 Å². The van der Waals surface area contributed by atoms with E-state index in [0.717, 1.165) is 17.9 Å². The third-order valence-electron chi connectivity index (χ3n) is 3.97. The van der Waals surface area contributed by atoms with Gasteiger partial charge in [0.2, 0.25) is 0 Å². The van der Waals surface area contributed by atoms with Crippen LogP contribution in [0.2, 0.25) is 0 Å². The fourth-order valence-corrected chi connectivity index (χ4v) is 2.57. The number of rotatable bonds is 4. The van der Waals surface area contributed by atoms with E-state index < -0.39 is 0 Å². The van der Waals surface area contributed by atoms with Crippen molar-refractivity contribution in [3.05, 3.63) is 0 Å². The SMILES string of the molecule is CCC(C)CN1CCCNC(C2CC2)C1. The van der Waals surface area contributed by atoms with Gasteiger partial charge >= 0.3 is 0 Å². The predicted molar refractivity (Wildman–Crippen MR) is 65.0 cm³/mol. The molecule has 1 saturated heterocycles. The van der Waals surface area contributed by atoms with Gasteiger partial charge in [-0.1, -0.05) is 20.3 Å². The van der Waals surface area contributed by atoms with Crippen LogP contribution in [0.4, 0.5) is 0 Å². The second-order valence-corrected chi connectivity index (χ2v) is 5.52. The highest BCUT2D eigenvalue weighted by Gasteiger charge is 2.33. The lowest BCUT2D eigenvalue weighted by Gasteiger charge is -2.26. The molecule has 0 aromatic rings. The first kappa shape index (κ1) is 11.4. The molecule has 0 aromatic heterocycles. The van der Waals surface area contributed by atoms with Crippen molar-refractivity contribution >= 4 is 0 Å². The van der Waals surface area contributed by atoms with E-state index in [-0.39, 0.29) is 0 Å². The van der Waals surface area contributed by atoms with E-state index in [1.165, 1.54) is 51.9 Å². The summed E-state index contributed by atoms with van der Waals surface area (Å²) in [4.78, 5) is 2.69. The Hall–Kier alpha value is -0.0800. The molecule has 2 atom stereocenters. The molecule has 88 valence electrons. The minimum atomic E-state index is 0.802. The van der Waals surface area contributed by atoms with Gasteiger partial charge in [0.15, 0.2) is 0 Å². The highest BCUT2D eigenvalue weighted by atomic mass is 15.2. The van der Waals surface area contributed by atoms with Crippen LogP contribution in [-0.4, -0.2) is 37.1 Å². The average Bonchev–Trinajstić information content (AvgIpc) is 3.03. The molecular weight excluding hydrogens is 184 g/mol. The smallest absolute Gasteiger partial charge is 0.0223 e. The highest BCUT2D eigenvalue weighted by molar-refractivity contribution is 4.90. The molecular formula is C13H26N2. The van der Waals surface area contributed by atoms with Gasteiger partial charge in [0.25, 0.3) is 0 Å². The van der Waals surface area contributed by atoms with Crippen molar-refractivity contribution in [3.8, 4) is 0 Å². The van der Waals surface area contributed by atoms with Crippen molar-refractivity contribution in [3.63, 3.8) is 0 Å². The summed E-state index contributed by atoms with van der Waals surface area (Å²) < 4.78 is 0. The molecule has 2 nitrogen and oxygen atoms in total. The molecule has 2 heteroatoms. The van der Waals surface area contributed by atoms with E-state index in [1.807, 2.05) is 0 Å². The Balaban J connectivity index is 1.81. The minimum Gasteiger partial charge on any atom is -0.312 e. The summed E-state index contributed by atoms with van der Waals surface area (Å²) >= 11 is 0. The third kappa shape index (κ3) is 3.46. The summed E-state index contributed by atoms with van der Waals surface area (Å²) in [5, 5.41) is 3.72. The Morgan fingerprint density at radius 1 is 1.40 bits per heavy atom. The average molecular weight is 210 g/mol. The monoisotopic (exact) mass is 210 g/mol. The van der Waals surface area contributed by atoms with Crippen LogP contribution in [-0.2, 0) is 0 Å². The van der Waals surface area contributed by atoms with Crippen molar-refractivity contribution in [2.45, 2.75) is 45.6 Å². The van der Waals surface area contributed by atoms with Gasteiger partial charge in [-0.25, -0.2) is 0 Å². The van der Waals surface area contributed by atoms with Crippen LogP contribution in [0.1, 0.15) is 39.5 Å². The first-order chi connectivity index (χ1) is 7.29. The molecule has 2 unspecified atom stereocenters. The van der Waals surface area contributed by atoms with E-state index in [2.05, 4.69) is 24.1 Å². The molecule has 1 N–H and O–H groups in total. The number of hydrogen-bond donors (Lipinski definition) is 1. The summed E-state index contributed by atoms with van der Waals surface area (Å²) in [6, 6.07) is 0.802. The molecule has 0 amide bonds. The fraction of sp³-hybridized carbons (Fsp3) is 1.00. The first-order valence-electron chi connectivity index (χ1n) is 6.75. The zero-order valence-corrected chi connectivity index (χ0v) is 10.3. The summed E-state index contributed by atoms with van der Waals surface area (Å²) in [6.07, 6.45) is 5.58. The van der Waals surface area contributed by atoms with Gasteiger partial charge in [-0.05, 0) is 44.2 Å². The molecule has 1 aliphatic heterocycles. The lowest BCUT2D eigenvalue weighted by molar-refractivity contribution is 0.224. The van der Waals surface area contributed by atoms with E-state index in [1.54, 1.807) is 0 Å². The van der Waals surface area contributed by atoms with Crippen molar-refractivity contribution in [2.24, 2.45) is 11.8 Å². The molecule has 2 fully saturated rings. The highest BCUT2D eigenvalue weighted by Crippen LogP contribution is 2.33. The Morgan fingerprint density at radius 2 is 2.20 bits per heavy atom. The van der Waals surface area contributed by atoms with Crippen molar-refractivity contribution < 1.29 is 0 Å². The van der Waals surface area contributed by atoms with Crippen LogP contribution in [0, 0.1) is 11.8 Å². The third-order valence-corrected chi connectivity index (χ3v) is 3.97. The van der Waals surface area contributed by atoms with Gasteiger partial charge in [0, 0.05) is 19.1 Å². The van der Waals surface area contributed by atoms with Crippen LogP contribution in [0.5, 0.6) is 0 Å². The summed E-state index contributed by atoms with van der Waals surface area (Å²) in [7, 11) is 0. The topological polar surface area (TPSA) is 15.3 Å². The lowest BCUT2D eigenvalue weighted by atomic mass is 10.1. The second-order valence-electron chi connectivity index (χ2n) is 5.52. The van der Waals surface area contributed by atoms with Crippen LogP contribution >= 0.6 is 0 Å². The van der Waals surface area contributed by atoms with Gasteiger partial charge in [0.05, 0.1) is 0 Å². The van der Waals surface area contributed by atoms with E-state index >= 15 is 0 Å². The maximum absolute atomic E-state index is 3.72. The summed E-state index contributed by atoms with van der Waals surface area (Å²) in [5.41, 5.74) is 0. The zero-order chi connectivity index (χ0) is 10.7.